The van der Waals surface area contributed by atoms with Crippen molar-refractivity contribution in [2.45, 2.75) is 56.9 Å². The number of halogens is 2. The Labute approximate surface area is 113 Å². The summed E-state index contributed by atoms with van der Waals surface area (Å²) in [5.41, 5.74) is 0. The quantitative estimate of drug-likeness (QED) is 0.857. The van der Waals surface area contributed by atoms with Gasteiger partial charge in [0, 0.05) is 38.4 Å². The molecule has 1 aliphatic carbocycles. The Bertz CT molecular complexity index is 307. The predicted octanol–water partition coefficient (Wildman–Crippen LogP) is 2.41. The Morgan fingerprint density at radius 1 is 1.26 bits per heavy atom. The van der Waals surface area contributed by atoms with Crippen molar-refractivity contribution in [1.82, 2.24) is 10.2 Å². The van der Waals surface area contributed by atoms with E-state index in [4.69, 9.17) is 0 Å². The third-order valence-corrected chi connectivity index (χ3v) is 4.35. The standard InChI is InChI=1S/C14H24F2N2O/c1-18(10-12-4-2-3-9-17-12)13(19)11-5-7-14(15,16)8-6-11/h11-12,17H,2-10H2,1H3. The van der Waals surface area contributed by atoms with E-state index in [0.717, 1.165) is 13.0 Å². The first kappa shape index (κ1) is 14.7. The number of rotatable bonds is 3. The average Bonchev–Trinajstić information content (AvgIpc) is 2.39. The Morgan fingerprint density at radius 2 is 1.95 bits per heavy atom. The van der Waals surface area contributed by atoms with Gasteiger partial charge < -0.3 is 10.2 Å². The second kappa shape index (κ2) is 6.16. The third kappa shape index (κ3) is 4.13. The first-order valence-corrected chi connectivity index (χ1v) is 7.34. The lowest BCUT2D eigenvalue weighted by molar-refractivity contribution is -0.138. The van der Waals surface area contributed by atoms with Crippen LogP contribution >= 0.6 is 0 Å². The molecule has 1 heterocycles. The minimum atomic E-state index is -2.56. The molecule has 110 valence electrons. The summed E-state index contributed by atoms with van der Waals surface area (Å²) in [5.74, 6) is -2.71. The fourth-order valence-corrected chi connectivity index (χ4v) is 3.10. The first-order valence-electron chi connectivity index (χ1n) is 7.34. The number of likely N-dealkylation sites (N-methyl/N-ethyl adjacent to an activating group) is 1. The number of piperidine rings is 1. The van der Waals surface area contributed by atoms with Crippen molar-refractivity contribution in [3.8, 4) is 0 Å². The van der Waals surface area contributed by atoms with E-state index >= 15 is 0 Å². The number of carbonyl (C=O) groups excluding carboxylic acids is 1. The van der Waals surface area contributed by atoms with E-state index in [0.29, 0.717) is 25.4 Å². The minimum absolute atomic E-state index is 0.0443. The monoisotopic (exact) mass is 274 g/mol. The summed E-state index contributed by atoms with van der Waals surface area (Å²) < 4.78 is 26.2. The number of nitrogens with zero attached hydrogens (tertiary/aromatic N) is 1. The lowest BCUT2D eigenvalue weighted by atomic mass is 9.86. The zero-order valence-corrected chi connectivity index (χ0v) is 11.6. The van der Waals surface area contributed by atoms with Crippen LogP contribution in [-0.2, 0) is 4.79 Å². The van der Waals surface area contributed by atoms with Crippen molar-refractivity contribution in [3.05, 3.63) is 0 Å². The third-order valence-electron chi connectivity index (χ3n) is 4.35. The molecule has 2 rings (SSSR count). The fourth-order valence-electron chi connectivity index (χ4n) is 3.10. The molecule has 1 amide bonds. The minimum Gasteiger partial charge on any atom is -0.344 e. The van der Waals surface area contributed by atoms with Crippen LogP contribution in [0.25, 0.3) is 0 Å². The summed E-state index contributed by atoms with van der Waals surface area (Å²) in [5, 5.41) is 3.41. The van der Waals surface area contributed by atoms with Crippen LogP contribution in [0.5, 0.6) is 0 Å². The van der Waals surface area contributed by atoms with Crippen LogP contribution in [0.4, 0.5) is 8.78 Å². The SMILES string of the molecule is CN(CC1CCCCN1)C(=O)C1CCC(F)(F)CC1. The molecule has 2 fully saturated rings. The summed E-state index contributed by atoms with van der Waals surface area (Å²) >= 11 is 0. The average molecular weight is 274 g/mol. The van der Waals surface area contributed by atoms with Gasteiger partial charge in [0.25, 0.3) is 0 Å². The van der Waals surface area contributed by atoms with E-state index in [2.05, 4.69) is 5.32 Å². The van der Waals surface area contributed by atoms with Gasteiger partial charge in [-0.1, -0.05) is 6.42 Å². The van der Waals surface area contributed by atoms with Crippen molar-refractivity contribution in [3.63, 3.8) is 0 Å². The molecule has 0 aromatic carbocycles. The van der Waals surface area contributed by atoms with Crippen molar-refractivity contribution in [2.75, 3.05) is 20.1 Å². The first-order chi connectivity index (χ1) is 8.98. The van der Waals surface area contributed by atoms with Gasteiger partial charge in [0.2, 0.25) is 11.8 Å². The molecule has 0 bridgehead atoms. The Kier molecular flexibility index (Phi) is 4.76. The van der Waals surface area contributed by atoms with Gasteiger partial charge in [0.15, 0.2) is 0 Å². The number of alkyl halides is 2. The molecule has 0 spiro atoms. The van der Waals surface area contributed by atoms with Crippen molar-refractivity contribution in [2.24, 2.45) is 5.92 Å². The Balaban J connectivity index is 1.78. The van der Waals surface area contributed by atoms with E-state index in [-0.39, 0.29) is 24.7 Å². The zero-order chi connectivity index (χ0) is 13.9. The maximum Gasteiger partial charge on any atom is 0.248 e. The molecule has 5 heteroatoms. The van der Waals surface area contributed by atoms with Crippen molar-refractivity contribution in [1.29, 1.82) is 0 Å². The number of amides is 1. The second-order valence-corrected chi connectivity index (χ2v) is 6.00. The molecule has 2 aliphatic rings. The van der Waals surface area contributed by atoms with Gasteiger partial charge in [0.1, 0.15) is 0 Å². The van der Waals surface area contributed by atoms with Crippen molar-refractivity contribution >= 4 is 5.91 Å². The Morgan fingerprint density at radius 3 is 2.53 bits per heavy atom. The molecule has 1 atom stereocenters. The number of carbonyl (C=O) groups is 1. The summed E-state index contributed by atoms with van der Waals surface area (Å²) in [6.45, 7) is 1.72. The summed E-state index contributed by atoms with van der Waals surface area (Å²) in [6, 6.07) is 0.368. The van der Waals surface area contributed by atoms with Crippen LogP contribution in [0.3, 0.4) is 0 Å². The molecule has 0 aromatic rings. The van der Waals surface area contributed by atoms with E-state index in [1.54, 1.807) is 11.9 Å². The largest absolute Gasteiger partial charge is 0.344 e. The van der Waals surface area contributed by atoms with Gasteiger partial charge in [0.05, 0.1) is 0 Å². The van der Waals surface area contributed by atoms with Crippen LogP contribution in [-0.4, -0.2) is 42.9 Å². The van der Waals surface area contributed by atoms with Crippen LogP contribution in [0.2, 0.25) is 0 Å². The van der Waals surface area contributed by atoms with Crippen molar-refractivity contribution < 1.29 is 13.6 Å². The molecule has 1 N–H and O–H groups in total. The van der Waals surface area contributed by atoms with E-state index in [9.17, 15) is 13.6 Å². The molecule has 1 saturated heterocycles. The van der Waals surface area contributed by atoms with Gasteiger partial charge >= 0.3 is 0 Å². The number of hydrogen-bond acceptors (Lipinski definition) is 2. The summed E-state index contributed by atoms with van der Waals surface area (Å²) in [4.78, 5) is 14.0. The van der Waals surface area contributed by atoms with E-state index in [1.807, 2.05) is 0 Å². The van der Waals surface area contributed by atoms with Crippen LogP contribution in [0.1, 0.15) is 44.9 Å². The molecular weight excluding hydrogens is 250 g/mol. The lowest BCUT2D eigenvalue weighted by Gasteiger charge is -2.33. The molecule has 1 unspecified atom stereocenters. The summed E-state index contributed by atoms with van der Waals surface area (Å²) in [6.07, 6.45) is 3.88. The highest BCUT2D eigenvalue weighted by Crippen LogP contribution is 2.36. The number of hydrogen-bond donors (Lipinski definition) is 1. The van der Waals surface area contributed by atoms with E-state index in [1.165, 1.54) is 12.8 Å². The maximum atomic E-state index is 13.1. The molecule has 3 nitrogen and oxygen atoms in total. The Hall–Kier alpha value is -0.710. The summed E-state index contributed by atoms with van der Waals surface area (Å²) in [7, 11) is 1.80. The highest BCUT2D eigenvalue weighted by Gasteiger charge is 2.38. The highest BCUT2D eigenvalue weighted by atomic mass is 19.3. The van der Waals surface area contributed by atoms with Gasteiger partial charge in [-0.25, -0.2) is 8.78 Å². The fraction of sp³-hybridized carbons (Fsp3) is 0.929. The van der Waals surface area contributed by atoms with Gasteiger partial charge in [-0.3, -0.25) is 4.79 Å². The maximum absolute atomic E-state index is 13.1. The molecule has 1 aliphatic heterocycles. The van der Waals surface area contributed by atoms with E-state index < -0.39 is 5.92 Å². The molecular formula is C14H24F2N2O. The normalized spacial score (nSPS) is 28.1. The van der Waals surface area contributed by atoms with Gasteiger partial charge in [-0.05, 0) is 32.2 Å². The van der Waals surface area contributed by atoms with Gasteiger partial charge in [-0.15, -0.1) is 0 Å². The van der Waals surface area contributed by atoms with Crippen LogP contribution in [0.15, 0.2) is 0 Å². The molecule has 1 saturated carbocycles. The van der Waals surface area contributed by atoms with Crippen LogP contribution in [0, 0.1) is 5.92 Å². The van der Waals surface area contributed by atoms with Crippen LogP contribution < -0.4 is 5.32 Å². The topological polar surface area (TPSA) is 32.3 Å². The van der Waals surface area contributed by atoms with Gasteiger partial charge in [-0.2, -0.15) is 0 Å². The zero-order valence-electron chi connectivity index (χ0n) is 11.6. The highest BCUT2D eigenvalue weighted by molar-refractivity contribution is 5.78. The molecule has 0 aromatic heterocycles. The smallest absolute Gasteiger partial charge is 0.248 e. The lowest BCUT2D eigenvalue weighted by Crippen LogP contribution is -2.46. The molecule has 0 radical (unpaired) electrons. The number of nitrogens with one attached hydrogen (secondary N) is 1. The second-order valence-electron chi connectivity index (χ2n) is 6.00. The predicted molar refractivity (Wildman–Crippen MR) is 70.2 cm³/mol. The molecule has 19 heavy (non-hydrogen) atoms.